The van der Waals surface area contributed by atoms with Gasteiger partial charge in [0, 0.05) is 23.6 Å². The number of carbonyl (C=O) groups is 1. The van der Waals surface area contributed by atoms with Crippen LogP contribution in [0.3, 0.4) is 0 Å². The van der Waals surface area contributed by atoms with Gasteiger partial charge in [-0.1, -0.05) is 17.7 Å². The van der Waals surface area contributed by atoms with Gasteiger partial charge in [0.15, 0.2) is 0 Å². The highest BCUT2D eigenvalue weighted by Gasteiger charge is 2.07. The van der Waals surface area contributed by atoms with Crippen LogP contribution in [0.15, 0.2) is 47.4 Å². The molecule has 0 unspecified atom stereocenters. The molecule has 1 amide bonds. The largest absolute Gasteiger partial charge is 0.496 e. The molecule has 0 fully saturated rings. The van der Waals surface area contributed by atoms with Crippen molar-refractivity contribution in [2.45, 2.75) is 18.2 Å². The molecule has 25 heavy (non-hydrogen) atoms. The zero-order chi connectivity index (χ0) is 18.2. The second kappa shape index (κ2) is 9.08. The highest BCUT2D eigenvalue weighted by atomic mass is 32.2. The van der Waals surface area contributed by atoms with Gasteiger partial charge in [-0.2, -0.15) is 0 Å². The third-order valence-electron chi connectivity index (χ3n) is 3.57. The first-order valence-corrected chi connectivity index (χ1v) is 8.75. The number of non-ortho nitro benzene ring substituents is 1. The maximum atomic E-state index is 11.9. The number of carbonyl (C=O) groups excluding carboxylic acids is 1. The Morgan fingerprint density at radius 3 is 2.60 bits per heavy atom. The third-order valence-corrected chi connectivity index (χ3v) is 4.58. The molecule has 0 aliphatic rings. The summed E-state index contributed by atoms with van der Waals surface area (Å²) in [5, 5.41) is 13.5. The van der Waals surface area contributed by atoms with Crippen molar-refractivity contribution in [1.82, 2.24) is 5.32 Å². The molecule has 0 saturated carbocycles. The molecule has 0 aliphatic heterocycles. The van der Waals surface area contributed by atoms with Crippen molar-refractivity contribution in [2.75, 3.05) is 19.4 Å². The van der Waals surface area contributed by atoms with Crippen molar-refractivity contribution in [1.29, 1.82) is 0 Å². The van der Waals surface area contributed by atoms with Crippen molar-refractivity contribution < 1.29 is 14.5 Å². The molecule has 132 valence electrons. The zero-order valence-corrected chi connectivity index (χ0v) is 15.0. The van der Waals surface area contributed by atoms with Crippen LogP contribution in [0.1, 0.15) is 11.1 Å². The molecular weight excluding hydrogens is 340 g/mol. The molecule has 0 aliphatic carbocycles. The van der Waals surface area contributed by atoms with E-state index in [2.05, 4.69) is 11.4 Å². The molecule has 7 heteroatoms. The first-order valence-electron chi connectivity index (χ1n) is 7.77. The smallest absolute Gasteiger partial charge is 0.269 e. The number of ether oxygens (including phenoxy) is 1. The second-order valence-corrected chi connectivity index (χ2v) is 6.50. The van der Waals surface area contributed by atoms with Gasteiger partial charge in [-0.15, -0.1) is 11.8 Å². The van der Waals surface area contributed by atoms with Crippen molar-refractivity contribution >= 4 is 23.4 Å². The minimum absolute atomic E-state index is 0.0425. The Bertz CT molecular complexity index is 747. The lowest BCUT2D eigenvalue weighted by atomic mass is 10.1. The number of nitro groups is 1. The van der Waals surface area contributed by atoms with Gasteiger partial charge in [0.25, 0.3) is 5.69 Å². The summed E-state index contributed by atoms with van der Waals surface area (Å²) in [6, 6.07) is 12.1. The lowest BCUT2D eigenvalue weighted by molar-refractivity contribution is -0.384. The number of rotatable bonds is 8. The van der Waals surface area contributed by atoms with Crippen molar-refractivity contribution in [2.24, 2.45) is 0 Å². The molecule has 0 atom stereocenters. The highest BCUT2D eigenvalue weighted by Crippen LogP contribution is 2.21. The Labute approximate surface area is 150 Å². The molecule has 2 rings (SSSR count). The maximum absolute atomic E-state index is 11.9. The summed E-state index contributed by atoms with van der Waals surface area (Å²) >= 11 is 1.35. The number of nitrogens with one attached hydrogen (secondary N) is 1. The lowest BCUT2D eigenvalue weighted by Gasteiger charge is -2.10. The highest BCUT2D eigenvalue weighted by molar-refractivity contribution is 8.00. The summed E-state index contributed by atoms with van der Waals surface area (Å²) in [6.45, 7) is 2.54. The van der Waals surface area contributed by atoms with E-state index in [1.165, 1.54) is 23.9 Å². The Kier molecular flexibility index (Phi) is 6.82. The van der Waals surface area contributed by atoms with Gasteiger partial charge in [-0.05, 0) is 37.1 Å². The van der Waals surface area contributed by atoms with Gasteiger partial charge in [0.05, 0.1) is 17.8 Å². The van der Waals surface area contributed by atoms with E-state index in [0.29, 0.717) is 13.0 Å². The van der Waals surface area contributed by atoms with Crippen LogP contribution in [0, 0.1) is 17.0 Å². The number of thioether (sulfide) groups is 1. The van der Waals surface area contributed by atoms with Crippen LogP contribution in [-0.4, -0.2) is 30.2 Å². The van der Waals surface area contributed by atoms with Crippen LogP contribution >= 0.6 is 11.8 Å². The van der Waals surface area contributed by atoms with Crippen LogP contribution in [0.2, 0.25) is 0 Å². The molecule has 1 N–H and O–H groups in total. The van der Waals surface area contributed by atoms with Crippen molar-refractivity contribution in [3.8, 4) is 5.75 Å². The van der Waals surface area contributed by atoms with Crippen molar-refractivity contribution in [3.05, 3.63) is 63.7 Å². The van der Waals surface area contributed by atoms with Crippen LogP contribution in [0.25, 0.3) is 0 Å². The fourth-order valence-corrected chi connectivity index (χ4v) is 3.03. The summed E-state index contributed by atoms with van der Waals surface area (Å²) in [5.74, 6) is 1.01. The molecule has 0 spiro atoms. The molecule has 0 heterocycles. The quantitative estimate of drug-likeness (QED) is 0.443. The normalized spacial score (nSPS) is 10.3. The molecule has 2 aromatic rings. The van der Waals surface area contributed by atoms with E-state index >= 15 is 0 Å². The predicted octanol–water partition coefficient (Wildman–Crippen LogP) is 3.36. The SMILES string of the molecule is COc1ccc(C)cc1CCNC(=O)CSc1ccc([N+](=O)[O-])cc1. The fraction of sp³-hybridized carbons (Fsp3) is 0.278. The number of aryl methyl sites for hydroxylation is 1. The van der Waals surface area contributed by atoms with Gasteiger partial charge >= 0.3 is 0 Å². The molecule has 0 aromatic heterocycles. The van der Waals surface area contributed by atoms with E-state index in [-0.39, 0.29) is 17.3 Å². The number of hydrogen-bond donors (Lipinski definition) is 1. The summed E-state index contributed by atoms with van der Waals surface area (Å²) in [6.07, 6.45) is 0.693. The van der Waals surface area contributed by atoms with E-state index in [1.54, 1.807) is 19.2 Å². The Morgan fingerprint density at radius 2 is 1.96 bits per heavy atom. The second-order valence-electron chi connectivity index (χ2n) is 5.45. The summed E-state index contributed by atoms with van der Waals surface area (Å²) in [4.78, 5) is 22.9. The zero-order valence-electron chi connectivity index (χ0n) is 14.2. The molecule has 0 radical (unpaired) electrons. The van der Waals surface area contributed by atoms with E-state index in [0.717, 1.165) is 21.8 Å². The van der Waals surface area contributed by atoms with Crippen LogP contribution < -0.4 is 10.1 Å². The lowest BCUT2D eigenvalue weighted by Crippen LogP contribution is -2.27. The number of amides is 1. The fourth-order valence-electron chi connectivity index (χ4n) is 2.30. The molecule has 0 bridgehead atoms. The molecular formula is C18H20N2O4S. The number of benzene rings is 2. The van der Waals surface area contributed by atoms with Gasteiger partial charge < -0.3 is 10.1 Å². The predicted molar refractivity (Wildman–Crippen MR) is 98.3 cm³/mol. The van der Waals surface area contributed by atoms with E-state index in [1.807, 2.05) is 19.1 Å². The van der Waals surface area contributed by atoms with E-state index in [9.17, 15) is 14.9 Å². The molecule has 6 nitrogen and oxygen atoms in total. The Balaban J connectivity index is 1.77. The first kappa shape index (κ1) is 18.8. The van der Waals surface area contributed by atoms with Crippen LogP contribution in [0.4, 0.5) is 5.69 Å². The van der Waals surface area contributed by atoms with Crippen LogP contribution in [0.5, 0.6) is 5.75 Å². The molecule has 2 aromatic carbocycles. The summed E-state index contributed by atoms with van der Waals surface area (Å²) in [7, 11) is 1.63. The van der Waals surface area contributed by atoms with Crippen LogP contribution in [-0.2, 0) is 11.2 Å². The summed E-state index contributed by atoms with van der Waals surface area (Å²) in [5.41, 5.74) is 2.25. The third kappa shape index (κ3) is 5.79. The first-order chi connectivity index (χ1) is 12.0. The number of methoxy groups -OCH3 is 1. The van der Waals surface area contributed by atoms with Gasteiger partial charge in [-0.25, -0.2) is 0 Å². The topological polar surface area (TPSA) is 81.5 Å². The minimum Gasteiger partial charge on any atom is -0.496 e. The van der Waals surface area contributed by atoms with Crippen molar-refractivity contribution in [3.63, 3.8) is 0 Å². The summed E-state index contributed by atoms with van der Waals surface area (Å²) < 4.78 is 5.32. The van der Waals surface area contributed by atoms with Gasteiger partial charge in [0.2, 0.25) is 5.91 Å². The average Bonchev–Trinajstić information content (AvgIpc) is 2.60. The monoisotopic (exact) mass is 360 g/mol. The Morgan fingerprint density at radius 1 is 1.24 bits per heavy atom. The van der Waals surface area contributed by atoms with Gasteiger partial charge in [0.1, 0.15) is 5.75 Å². The number of hydrogen-bond acceptors (Lipinski definition) is 5. The maximum Gasteiger partial charge on any atom is 0.269 e. The number of nitrogens with zero attached hydrogens (tertiary/aromatic N) is 1. The minimum atomic E-state index is -0.444. The number of nitro benzene ring substituents is 1. The van der Waals surface area contributed by atoms with E-state index in [4.69, 9.17) is 4.74 Å². The standard InChI is InChI=1S/C18H20N2O4S/c1-13-3-8-17(24-2)14(11-13)9-10-19-18(21)12-25-16-6-4-15(5-7-16)20(22)23/h3-8,11H,9-10,12H2,1-2H3,(H,19,21). The average molecular weight is 360 g/mol. The molecule has 0 saturated heterocycles. The Hall–Kier alpha value is -2.54. The van der Waals surface area contributed by atoms with Gasteiger partial charge in [-0.3, -0.25) is 14.9 Å². The van der Waals surface area contributed by atoms with E-state index < -0.39 is 4.92 Å².